The van der Waals surface area contributed by atoms with E-state index in [1.165, 1.54) is 30.5 Å². The molecular formula is C22H14ClF3N4O4S. The first-order chi connectivity index (χ1) is 16.6. The molecule has 35 heavy (non-hydrogen) atoms. The van der Waals surface area contributed by atoms with Gasteiger partial charge in [0.1, 0.15) is 11.5 Å². The number of alkyl halides is 3. The van der Waals surface area contributed by atoms with Crippen LogP contribution in [0.4, 0.5) is 18.9 Å². The van der Waals surface area contributed by atoms with Crippen molar-refractivity contribution < 1.29 is 27.3 Å². The minimum atomic E-state index is -4.53. The van der Waals surface area contributed by atoms with Gasteiger partial charge in [-0.1, -0.05) is 35.5 Å². The number of hydrogen-bond acceptors (Lipinski definition) is 7. The van der Waals surface area contributed by atoms with E-state index in [9.17, 15) is 28.1 Å². The van der Waals surface area contributed by atoms with Crippen molar-refractivity contribution in [3.63, 3.8) is 0 Å². The molecule has 0 saturated carbocycles. The Balaban J connectivity index is 1.43. The normalized spacial score (nSPS) is 17.3. The topological polar surface area (TPSA) is 110 Å². The fraction of sp³-hybridized carbons (Fsp3) is 0.136. The van der Waals surface area contributed by atoms with Gasteiger partial charge in [0, 0.05) is 17.7 Å². The molecule has 2 heterocycles. The maximum Gasteiger partial charge on any atom is 0.416 e. The Kier molecular flexibility index (Phi) is 6.94. The van der Waals surface area contributed by atoms with Crippen LogP contribution in [0.15, 0.2) is 69.2 Å². The molecule has 13 heteroatoms. The van der Waals surface area contributed by atoms with E-state index in [1.807, 2.05) is 0 Å². The molecule has 0 radical (unpaired) electrons. The molecule has 1 aliphatic rings. The van der Waals surface area contributed by atoms with Crippen LogP contribution in [0.2, 0.25) is 5.02 Å². The first-order valence-electron chi connectivity index (χ1n) is 9.89. The maximum atomic E-state index is 13.0. The molecule has 4 rings (SSSR count). The fourth-order valence-electron chi connectivity index (χ4n) is 3.19. The first-order valence-corrected chi connectivity index (χ1v) is 11.1. The van der Waals surface area contributed by atoms with E-state index in [0.29, 0.717) is 5.56 Å². The summed E-state index contributed by atoms with van der Waals surface area (Å²) in [5.74, 6) is 0.0194. The maximum absolute atomic E-state index is 13.0. The second kappa shape index (κ2) is 9.92. The summed E-state index contributed by atoms with van der Waals surface area (Å²) in [6.45, 7) is 0. The summed E-state index contributed by atoms with van der Waals surface area (Å²) in [7, 11) is 0. The summed E-state index contributed by atoms with van der Waals surface area (Å²) in [5.41, 5.74) is -0.208. The molecule has 1 saturated heterocycles. The van der Waals surface area contributed by atoms with Crippen LogP contribution in [0.5, 0.6) is 0 Å². The lowest BCUT2D eigenvalue weighted by Gasteiger charge is -2.08. The molecule has 3 aromatic rings. The van der Waals surface area contributed by atoms with E-state index in [1.54, 1.807) is 12.1 Å². The Morgan fingerprint density at radius 1 is 1.20 bits per heavy atom. The van der Waals surface area contributed by atoms with Gasteiger partial charge in [-0.05, 0) is 42.3 Å². The predicted molar refractivity (Wildman–Crippen MR) is 126 cm³/mol. The Bertz CT molecular complexity index is 1360. The summed E-state index contributed by atoms with van der Waals surface area (Å²) in [6, 6.07) is 11.9. The molecule has 1 amide bonds. The molecule has 8 nitrogen and oxygen atoms in total. The van der Waals surface area contributed by atoms with E-state index in [2.05, 4.69) is 15.5 Å². The summed E-state index contributed by atoms with van der Waals surface area (Å²) in [5, 5.41) is 21.1. The van der Waals surface area contributed by atoms with Crippen LogP contribution < -0.4 is 5.32 Å². The van der Waals surface area contributed by atoms with E-state index in [4.69, 9.17) is 16.0 Å². The Labute approximate surface area is 205 Å². The number of nitro groups is 1. The SMILES string of the molecule is O=C1N/C(=N\N=C\c2ccc(-c3cc(C(F)(F)F)ccc3Cl)o2)SC1Cc1cccc([N+](=O)[O-])c1. The van der Waals surface area contributed by atoms with Gasteiger partial charge >= 0.3 is 6.18 Å². The van der Waals surface area contributed by atoms with Crippen molar-refractivity contribution in [2.45, 2.75) is 17.8 Å². The van der Waals surface area contributed by atoms with E-state index in [-0.39, 0.29) is 45.3 Å². The van der Waals surface area contributed by atoms with Gasteiger partial charge in [-0.25, -0.2) is 0 Å². The monoisotopic (exact) mass is 522 g/mol. The zero-order valence-corrected chi connectivity index (χ0v) is 19.0. The van der Waals surface area contributed by atoms with Crippen LogP contribution in [0, 0.1) is 10.1 Å². The number of nitro benzene ring substituents is 1. The third-order valence-corrected chi connectivity index (χ3v) is 6.24. The van der Waals surface area contributed by atoms with Crippen LogP contribution in [0.1, 0.15) is 16.9 Å². The average Bonchev–Trinajstić information content (AvgIpc) is 3.40. The number of benzene rings is 2. The van der Waals surface area contributed by atoms with Crippen molar-refractivity contribution in [3.05, 3.63) is 86.6 Å². The number of carbonyl (C=O) groups is 1. The van der Waals surface area contributed by atoms with Crippen molar-refractivity contribution in [2.24, 2.45) is 10.2 Å². The van der Waals surface area contributed by atoms with Crippen LogP contribution in [0.3, 0.4) is 0 Å². The molecule has 1 N–H and O–H groups in total. The highest BCUT2D eigenvalue weighted by atomic mass is 35.5. The zero-order valence-electron chi connectivity index (χ0n) is 17.5. The van der Waals surface area contributed by atoms with Gasteiger partial charge < -0.3 is 9.73 Å². The van der Waals surface area contributed by atoms with E-state index < -0.39 is 21.9 Å². The van der Waals surface area contributed by atoms with Gasteiger partial charge in [0.25, 0.3) is 5.69 Å². The smallest absolute Gasteiger partial charge is 0.416 e. The quantitative estimate of drug-likeness (QED) is 0.254. The highest BCUT2D eigenvalue weighted by Gasteiger charge is 2.32. The average molecular weight is 523 g/mol. The van der Waals surface area contributed by atoms with Gasteiger partial charge in [-0.3, -0.25) is 14.9 Å². The Hall–Kier alpha value is -3.64. The Morgan fingerprint density at radius 2 is 2.00 bits per heavy atom. The van der Waals surface area contributed by atoms with Gasteiger partial charge in [-0.2, -0.15) is 18.3 Å². The second-order valence-electron chi connectivity index (χ2n) is 7.27. The molecule has 2 aromatic carbocycles. The van der Waals surface area contributed by atoms with Crippen molar-refractivity contribution >= 4 is 46.3 Å². The van der Waals surface area contributed by atoms with Gasteiger partial charge in [0.2, 0.25) is 5.91 Å². The number of amidine groups is 1. The number of rotatable bonds is 6. The lowest BCUT2D eigenvalue weighted by Crippen LogP contribution is -2.25. The molecule has 1 aliphatic heterocycles. The van der Waals surface area contributed by atoms with Gasteiger partial charge in [0.15, 0.2) is 5.17 Å². The number of nitrogens with zero attached hydrogens (tertiary/aromatic N) is 3. The van der Waals surface area contributed by atoms with E-state index in [0.717, 1.165) is 30.0 Å². The van der Waals surface area contributed by atoms with Crippen molar-refractivity contribution in [1.82, 2.24) is 5.32 Å². The van der Waals surface area contributed by atoms with Gasteiger partial charge in [-0.15, -0.1) is 5.10 Å². The number of amides is 1. The largest absolute Gasteiger partial charge is 0.455 e. The number of nitrogens with one attached hydrogen (secondary N) is 1. The minimum absolute atomic E-state index is 0.0615. The number of carbonyl (C=O) groups excluding carboxylic acids is 1. The second-order valence-corrected chi connectivity index (χ2v) is 8.87. The number of hydrogen-bond donors (Lipinski definition) is 1. The van der Waals surface area contributed by atoms with Crippen molar-refractivity contribution in [1.29, 1.82) is 0 Å². The van der Waals surface area contributed by atoms with Crippen LogP contribution in [-0.2, 0) is 17.4 Å². The number of furan rings is 1. The molecule has 0 bridgehead atoms. The summed E-state index contributed by atoms with van der Waals surface area (Å²) >= 11 is 7.15. The third-order valence-electron chi connectivity index (χ3n) is 4.84. The molecule has 180 valence electrons. The predicted octanol–water partition coefficient (Wildman–Crippen LogP) is 5.69. The lowest BCUT2D eigenvalue weighted by atomic mass is 10.1. The number of halogens is 4. The third kappa shape index (κ3) is 5.89. The molecular weight excluding hydrogens is 509 g/mol. The minimum Gasteiger partial charge on any atom is -0.455 e. The molecule has 1 aromatic heterocycles. The van der Waals surface area contributed by atoms with Gasteiger partial charge in [0.05, 0.1) is 27.0 Å². The van der Waals surface area contributed by atoms with Crippen LogP contribution in [0.25, 0.3) is 11.3 Å². The zero-order chi connectivity index (χ0) is 25.2. The first kappa shape index (κ1) is 24.5. The molecule has 1 fully saturated rings. The summed E-state index contributed by atoms with van der Waals surface area (Å²) in [4.78, 5) is 22.6. The van der Waals surface area contributed by atoms with Crippen molar-refractivity contribution in [2.75, 3.05) is 0 Å². The summed E-state index contributed by atoms with van der Waals surface area (Å²) < 4.78 is 44.5. The molecule has 0 aliphatic carbocycles. The lowest BCUT2D eigenvalue weighted by molar-refractivity contribution is -0.384. The highest BCUT2D eigenvalue weighted by molar-refractivity contribution is 8.15. The number of non-ortho nitro benzene ring substituents is 1. The standard InChI is InChI=1S/C22H14ClF3N4O4S/c23-17-6-4-13(22(24,25)26)10-16(17)18-7-5-15(34-18)11-27-29-21-28-20(31)19(35-21)9-12-2-1-3-14(8-12)30(32)33/h1-8,10-11,19H,9H2,(H,28,29,31)/b27-11+. The fourth-order valence-corrected chi connectivity index (χ4v) is 4.37. The molecule has 1 unspecified atom stereocenters. The Morgan fingerprint density at radius 3 is 2.74 bits per heavy atom. The van der Waals surface area contributed by atoms with Crippen molar-refractivity contribution in [3.8, 4) is 11.3 Å². The summed E-state index contributed by atoms with van der Waals surface area (Å²) in [6.07, 6.45) is -3.03. The molecule has 0 spiro atoms. The van der Waals surface area contributed by atoms with Crippen LogP contribution in [-0.4, -0.2) is 27.5 Å². The highest BCUT2D eigenvalue weighted by Crippen LogP contribution is 2.36. The van der Waals surface area contributed by atoms with Crippen LogP contribution >= 0.6 is 23.4 Å². The van der Waals surface area contributed by atoms with E-state index >= 15 is 0 Å². The number of thioether (sulfide) groups is 1. The molecule has 1 atom stereocenters.